The Balaban J connectivity index is 2.13. The third-order valence-electron chi connectivity index (χ3n) is 6.24. The Morgan fingerprint density at radius 2 is 2.09 bits per heavy atom. The van der Waals surface area contributed by atoms with Gasteiger partial charge < -0.3 is 14.6 Å². The van der Waals surface area contributed by atoms with Crippen LogP contribution in [0.4, 0.5) is 4.39 Å². The summed E-state index contributed by atoms with van der Waals surface area (Å²) in [6.45, 7) is 10.6. The number of aryl methyl sites for hydroxylation is 2. The molecule has 0 unspecified atom stereocenters. The van der Waals surface area contributed by atoms with E-state index in [1.807, 2.05) is 44.2 Å². The third kappa shape index (κ3) is 4.84. The largest absolute Gasteiger partial charge is 0.493 e. The lowest BCUT2D eigenvalue weighted by atomic mass is 9.89. The average Bonchev–Trinajstić information content (AvgIpc) is 2.82. The molecule has 2 heterocycles. The fourth-order valence-corrected chi connectivity index (χ4v) is 4.57. The van der Waals surface area contributed by atoms with E-state index in [4.69, 9.17) is 9.47 Å². The van der Waals surface area contributed by atoms with Gasteiger partial charge in [0.05, 0.1) is 17.6 Å². The first kappa shape index (κ1) is 24.6. The number of carboxylic acid groups (broad SMARTS) is 1. The van der Waals surface area contributed by atoms with Crippen molar-refractivity contribution in [2.24, 2.45) is 0 Å². The normalized spacial score (nSPS) is 15.0. The van der Waals surface area contributed by atoms with Crippen molar-refractivity contribution in [3.05, 3.63) is 87.6 Å². The van der Waals surface area contributed by atoms with Crippen LogP contribution in [-0.2, 0) is 20.7 Å². The molecule has 1 N–H and O–H groups in total. The van der Waals surface area contributed by atoms with Crippen LogP contribution in [0.25, 0.3) is 22.6 Å². The zero-order valence-corrected chi connectivity index (χ0v) is 20.5. The summed E-state index contributed by atoms with van der Waals surface area (Å²) in [5, 5.41) is 13.5. The highest BCUT2D eigenvalue weighted by molar-refractivity contribution is 5.95. The number of carboxylic acids is 1. The molecule has 0 radical (unpaired) electrons. The van der Waals surface area contributed by atoms with Crippen molar-refractivity contribution in [2.45, 2.75) is 45.8 Å². The van der Waals surface area contributed by atoms with E-state index in [0.29, 0.717) is 28.8 Å². The molecular weight excluding hydrogens is 445 g/mol. The fourth-order valence-electron chi connectivity index (χ4n) is 4.57. The van der Waals surface area contributed by atoms with Crippen molar-refractivity contribution in [1.82, 2.24) is 4.98 Å². The van der Waals surface area contributed by atoms with Crippen molar-refractivity contribution in [3.63, 3.8) is 0 Å². The molecule has 5 nitrogen and oxygen atoms in total. The molecule has 1 aromatic heterocycles. The standard InChI is InChI=1S/C29H30FNO4/c1-6-24-26-19(10-12-34-24)9-11-31-23(26)15-22-21-8-7-17(2)13-20(21)14-18(3)25(22)27(28(32)33)35-29(4,5)16-30/h6-9,11,13-15,27H,1,10,12,16H2,2-5H3,(H,32,33)/b23-15-/t27-/m1/s1. The zero-order chi connectivity index (χ0) is 25.3. The van der Waals surface area contributed by atoms with Crippen LogP contribution in [0.15, 0.2) is 49.2 Å². The monoisotopic (exact) mass is 475 g/mol. The van der Waals surface area contributed by atoms with Gasteiger partial charge in [-0.15, -0.1) is 0 Å². The van der Waals surface area contributed by atoms with E-state index < -0.39 is 24.3 Å². The number of carbonyl (C=O) groups is 1. The van der Waals surface area contributed by atoms with Gasteiger partial charge in [0.1, 0.15) is 12.4 Å². The van der Waals surface area contributed by atoms with E-state index in [-0.39, 0.29) is 0 Å². The van der Waals surface area contributed by atoms with Crippen LogP contribution in [0.3, 0.4) is 0 Å². The lowest BCUT2D eigenvalue weighted by molar-refractivity contribution is -0.163. The molecule has 2 aromatic carbocycles. The molecule has 1 aliphatic rings. The summed E-state index contributed by atoms with van der Waals surface area (Å²) in [6.07, 6.45) is 4.68. The van der Waals surface area contributed by atoms with Gasteiger partial charge in [-0.3, -0.25) is 4.98 Å². The Morgan fingerprint density at radius 1 is 1.31 bits per heavy atom. The molecule has 1 aliphatic heterocycles. The van der Waals surface area contributed by atoms with Crippen LogP contribution in [-0.4, -0.2) is 34.9 Å². The highest BCUT2D eigenvalue weighted by Crippen LogP contribution is 2.35. The van der Waals surface area contributed by atoms with Gasteiger partial charge in [0.2, 0.25) is 0 Å². The van der Waals surface area contributed by atoms with Crippen molar-refractivity contribution in [3.8, 4) is 0 Å². The molecule has 0 aliphatic carbocycles. The van der Waals surface area contributed by atoms with Crippen LogP contribution < -0.4 is 10.6 Å². The molecule has 182 valence electrons. The Kier molecular flexibility index (Phi) is 6.77. The number of hydrogen-bond donors (Lipinski definition) is 1. The molecule has 0 saturated heterocycles. The summed E-state index contributed by atoms with van der Waals surface area (Å²) in [6, 6.07) is 9.94. The van der Waals surface area contributed by atoms with Crippen LogP contribution in [0.2, 0.25) is 0 Å². The molecule has 35 heavy (non-hydrogen) atoms. The molecule has 0 amide bonds. The van der Waals surface area contributed by atoms with Gasteiger partial charge in [-0.2, -0.15) is 0 Å². The second-order valence-electron chi connectivity index (χ2n) is 9.52. The van der Waals surface area contributed by atoms with E-state index in [1.54, 1.807) is 26.1 Å². The number of ether oxygens (including phenoxy) is 2. The van der Waals surface area contributed by atoms with Gasteiger partial charge in [0.15, 0.2) is 6.10 Å². The highest BCUT2D eigenvalue weighted by atomic mass is 19.1. The molecule has 6 heteroatoms. The van der Waals surface area contributed by atoms with Crippen LogP contribution in [0, 0.1) is 13.8 Å². The quantitative estimate of drug-likeness (QED) is 0.547. The lowest BCUT2D eigenvalue weighted by Crippen LogP contribution is -2.37. The Morgan fingerprint density at radius 3 is 2.77 bits per heavy atom. The van der Waals surface area contributed by atoms with Gasteiger partial charge >= 0.3 is 5.97 Å². The van der Waals surface area contributed by atoms with Gasteiger partial charge in [-0.25, -0.2) is 9.18 Å². The van der Waals surface area contributed by atoms with E-state index in [0.717, 1.165) is 39.1 Å². The Bertz CT molecular complexity index is 1440. The number of halogens is 1. The van der Waals surface area contributed by atoms with E-state index in [2.05, 4.69) is 17.6 Å². The first-order valence-corrected chi connectivity index (χ1v) is 11.6. The molecule has 0 fully saturated rings. The molecule has 0 saturated carbocycles. The number of aliphatic carboxylic acids is 1. The number of nitrogens with zero attached hydrogens (tertiary/aromatic N) is 1. The molecule has 0 spiro atoms. The summed E-state index contributed by atoms with van der Waals surface area (Å²) in [5.74, 6) is -0.537. The molecule has 1 atom stereocenters. The zero-order valence-electron chi connectivity index (χ0n) is 20.5. The molecule has 4 rings (SSSR count). The molecular formula is C29H30FNO4. The summed E-state index contributed by atoms with van der Waals surface area (Å²) >= 11 is 0. The van der Waals surface area contributed by atoms with Gasteiger partial charge in [-0.05, 0) is 73.4 Å². The number of rotatable bonds is 7. The predicted molar refractivity (Wildman–Crippen MR) is 135 cm³/mol. The van der Waals surface area contributed by atoms with Crippen LogP contribution >= 0.6 is 0 Å². The van der Waals surface area contributed by atoms with E-state index >= 15 is 0 Å². The summed E-state index contributed by atoms with van der Waals surface area (Å²) in [4.78, 5) is 17.1. The first-order valence-electron chi connectivity index (χ1n) is 11.6. The maximum atomic E-state index is 13.7. The van der Waals surface area contributed by atoms with E-state index in [9.17, 15) is 14.3 Å². The Hall–Kier alpha value is -3.51. The summed E-state index contributed by atoms with van der Waals surface area (Å²) < 4.78 is 25.4. The van der Waals surface area contributed by atoms with Crippen molar-refractivity contribution >= 4 is 28.6 Å². The second-order valence-corrected chi connectivity index (χ2v) is 9.52. The fraction of sp³-hybridized carbons (Fsp3) is 0.310. The molecule has 0 bridgehead atoms. The number of alkyl halides is 1. The minimum absolute atomic E-state index is 0.478. The number of fused-ring (bicyclic) bond motifs is 2. The SMILES string of the molecule is C=CC1=c2c(ccn/c2=C\c2c([C@@H](OC(C)(C)CF)C(=O)O)c(C)cc3cc(C)ccc23)CCO1. The topological polar surface area (TPSA) is 68.7 Å². The van der Waals surface area contributed by atoms with Gasteiger partial charge in [0, 0.05) is 23.4 Å². The minimum atomic E-state index is -1.36. The highest BCUT2D eigenvalue weighted by Gasteiger charge is 2.33. The van der Waals surface area contributed by atoms with E-state index in [1.165, 1.54) is 0 Å². The third-order valence-corrected chi connectivity index (χ3v) is 6.24. The second kappa shape index (κ2) is 9.62. The van der Waals surface area contributed by atoms with Gasteiger partial charge in [-0.1, -0.05) is 36.4 Å². The summed E-state index contributed by atoms with van der Waals surface area (Å²) in [5.41, 5.74) is 2.81. The van der Waals surface area contributed by atoms with Crippen LogP contribution in [0.5, 0.6) is 0 Å². The Labute approximate surface area is 204 Å². The maximum Gasteiger partial charge on any atom is 0.337 e. The van der Waals surface area contributed by atoms with Crippen molar-refractivity contribution in [1.29, 1.82) is 0 Å². The van der Waals surface area contributed by atoms with Crippen molar-refractivity contribution in [2.75, 3.05) is 13.3 Å². The van der Waals surface area contributed by atoms with Gasteiger partial charge in [0.25, 0.3) is 0 Å². The number of aromatic nitrogens is 1. The van der Waals surface area contributed by atoms with Crippen molar-refractivity contribution < 1.29 is 23.8 Å². The number of benzene rings is 2. The first-order chi connectivity index (χ1) is 16.6. The number of hydrogen-bond acceptors (Lipinski definition) is 4. The minimum Gasteiger partial charge on any atom is -0.493 e. The predicted octanol–water partition coefficient (Wildman–Crippen LogP) is 4.44. The number of pyridine rings is 1. The lowest BCUT2D eigenvalue weighted by Gasteiger charge is -2.28. The van der Waals surface area contributed by atoms with Crippen LogP contribution in [0.1, 0.15) is 47.8 Å². The average molecular weight is 476 g/mol. The molecule has 3 aromatic rings. The maximum absolute atomic E-state index is 13.7. The summed E-state index contributed by atoms with van der Waals surface area (Å²) in [7, 11) is 0. The smallest absolute Gasteiger partial charge is 0.337 e.